The van der Waals surface area contributed by atoms with Gasteiger partial charge >= 0.3 is 49.7 Å². The zero-order chi connectivity index (χ0) is 10.1. The molecule has 7 nitrogen and oxygen atoms in total. The molecule has 0 spiro atoms. The van der Waals surface area contributed by atoms with E-state index < -0.39 is 21.1 Å². The molecule has 0 saturated carbocycles. The third-order valence-electron chi connectivity index (χ3n) is 0.368. The molecule has 0 aliphatic rings. The van der Waals surface area contributed by atoms with E-state index >= 15 is 0 Å². The molecular weight excluding hydrogens is 228 g/mol. The van der Waals surface area contributed by atoms with E-state index in [0.29, 0.717) is 12.2 Å². The third kappa shape index (κ3) is 50.8. The zero-order valence-corrected chi connectivity index (χ0v) is 9.51. The van der Waals surface area contributed by atoms with Crippen molar-refractivity contribution in [3.8, 4) is 0 Å². The van der Waals surface area contributed by atoms with Crippen LogP contribution in [0.15, 0.2) is 12.2 Å². The molecule has 0 bridgehead atoms. The van der Waals surface area contributed by atoms with E-state index in [4.69, 9.17) is 24.3 Å². The average molecular weight is 232 g/mol. The largest absolute Gasteiger partial charge is 2.00 e. The predicted octanol–water partition coefficient (Wildman–Crippen LogP) is -3.55. The van der Waals surface area contributed by atoms with Gasteiger partial charge in [0, 0.05) is 21.3 Å². The predicted molar refractivity (Wildman–Crippen MR) is 36.6 cm³/mol. The molecule has 0 aromatic carbocycles. The molecule has 0 radical (unpaired) electrons. The van der Waals surface area contributed by atoms with E-state index in [9.17, 15) is 9.59 Å². The summed E-state index contributed by atoms with van der Waals surface area (Å²) in [5.41, 5.74) is 0. The summed E-state index contributed by atoms with van der Waals surface area (Å²) in [7, 11) is -3.63. The first kappa shape index (κ1) is 18.4. The number of carboxylic acids is 2. The quantitative estimate of drug-likeness (QED) is 0.371. The Labute approximate surface area is 104 Å². The van der Waals surface area contributed by atoms with Gasteiger partial charge in [-0.3, -0.25) is 0 Å². The Hall–Kier alpha value is -0.443. The standard InChI is InChI=1S/C4H4O4.Ca.O3Si/c5-3(6)1-2-4(7)8;;1-4(2)3/h1-2H,(H,5,6)(H,7,8);;/q;+2;-2/b2-1+;;. The van der Waals surface area contributed by atoms with Crippen molar-refractivity contribution in [2.45, 2.75) is 0 Å². The fourth-order valence-corrected chi connectivity index (χ4v) is 0.143. The van der Waals surface area contributed by atoms with Crippen molar-refractivity contribution in [3.63, 3.8) is 0 Å². The van der Waals surface area contributed by atoms with Crippen LogP contribution < -0.4 is 9.59 Å². The van der Waals surface area contributed by atoms with Gasteiger partial charge in [-0.25, -0.2) is 9.59 Å². The molecule has 0 saturated heterocycles. The summed E-state index contributed by atoms with van der Waals surface area (Å²) in [6.07, 6.45) is 1.12. The molecule has 0 atom stereocenters. The van der Waals surface area contributed by atoms with Crippen LogP contribution in [0.3, 0.4) is 0 Å². The van der Waals surface area contributed by atoms with Gasteiger partial charge in [-0.1, -0.05) is 0 Å². The zero-order valence-electron chi connectivity index (χ0n) is 6.30. The fourth-order valence-electron chi connectivity index (χ4n) is 0.143. The third-order valence-corrected chi connectivity index (χ3v) is 0.368. The van der Waals surface area contributed by atoms with Gasteiger partial charge in [0.15, 0.2) is 0 Å². The van der Waals surface area contributed by atoms with Crippen LogP contribution in [0.1, 0.15) is 0 Å². The van der Waals surface area contributed by atoms with Crippen molar-refractivity contribution < 1.29 is 33.9 Å². The Balaban J connectivity index is -0.000000173. The van der Waals surface area contributed by atoms with Gasteiger partial charge in [0.1, 0.15) is 0 Å². The van der Waals surface area contributed by atoms with Gasteiger partial charge in [-0.15, -0.1) is 0 Å². The molecular formula is C4H4CaO7Si. The normalized spacial score (nSPS) is 7.69. The second kappa shape index (κ2) is 11.6. The summed E-state index contributed by atoms with van der Waals surface area (Å²) in [5.74, 6) is -2.51. The van der Waals surface area contributed by atoms with Gasteiger partial charge in [0.25, 0.3) is 0 Å². The summed E-state index contributed by atoms with van der Waals surface area (Å²) in [5, 5.41) is 15.6. The van der Waals surface area contributed by atoms with Crippen LogP contribution >= 0.6 is 0 Å². The summed E-state index contributed by atoms with van der Waals surface area (Å²) in [6.45, 7) is 0. The van der Waals surface area contributed by atoms with Crippen LogP contribution in [0.2, 0.25) is 0 Å². The van der Waals surface area contributed by atoms with Gasteiger partial charge < -0.3 is 24.3 Å². The van der Waals surface area contributed by atoms with Crippen molar-refractivity contribution in [3.05, 3.63) is 12.2 Å². The Morgan fingerprint density at radius 1 is 1.08 bits per heavy atom. The molecule has 0 aliphatic carbocycles. The number of carbonyl (C=O) groups is 2. The monoisotopic (exact) mass is 232 g/mol. The Kier molecular flexibility index (Phi) is 16.3. The molecule has 2 N–H and O–H groups in total. The number of hydrogen-bond donors (Lipinski definition) is 2. The topological polar surface area (TPSA) is 138 Å². The fraction of sp³-hybridized carbons (Fsp3) is 0. The van der Waals surface area contributed by atoms with Crippen LogP contribution in [0.4, 0.5) is 0 Å². The molecule has 9 heteroatoms. The molecule has 0 aliphatic heterocycles. The van der Waals surface area contributed by atoms with Crippen molar-refractivity contribution in [2.75, 3.05) is 0 Å². The minimum absolute atomic E-state index is 0. The van der Waals surface area contributed by atoms with E-state index in [-0.39, 0.29) is 37.7 Å². The molecule has 0 amide bonds. The Morgan fingerprint density at radius 3 is 1.31 bits per heavy atom. The number of aliphatic carboxylic acids is 2. The maximum Gasteiger partial charge on any atom is 2.00 e. The summed E-state index contributed by atoms with van der Waals surface area (Å²) < 4.78 is 8.52. The summed E-state index contributed by atoms with van der Waals surface area (Å²) >= 11 is 0. The SMILES string of the molecule is O=C(O)/C=C/C(=O)O.O=[Si]([O-])[O-].[Ca+2]. The first-order valence-corrected chi connectivity index (χ1v) is 3.60. The first-order valence-electron chi connectivity index (χ1n) is 2.38. The van der Waals surface area contributed by atoms with E-state index in [1.807, 2.05) is 0 Å². The molecule has 13 heavy (non-hydrogen) atoms. The van der Waals surface area contributed by atoms with Gasteiger partial charge in [0.05, 0.1) is 0 Å². The van der Waals surface area contributed by atoms with Gasteiger partial charge in [0.2, 0.25) is 0 Å². The second-order valence-electron chi connectivity index (χ2n) is 1.26. The number of carboxylic acid groups (broad SMARTS) is 2. The molecule has 0 aromatic rings. The average Bonchev–Trinajstić information content (AvgIpc) is 1.82. The Morgan fingerprint density at radius 2 is 1.23 bits per heavy atom. The number of rotatable bonds is 2. The first-order chi connectivity index (χ1) is 5.36. The van der Waals surface area contributed by atoms with Gasteiger partial charge in [-0.05, 0) is 0 Å². The number of hydrogen-bond acceptors (Lipinski definition) is 5. The van der Waals surface area contributed by atoms with Crippen molar-refractivity contribution in [2.24, 2.45) is 0 Å². The van der Waals surface area contributed by atoms with E-state index in [0.717, 1.165) is 0 Å². The smallest absolute Gasteiger partial charge is 0.672 e. The molecule has 0 heterocycles. The van der Waals surface area contributed by atoms with Crippen molar-refractivity contribution >= 4 is 58.8 Å². The molecule has 0 fully saturated rings. The molecule has 0 rings (SSSR count). The Bertz CT molecular complexity index is 193. The van der Waals surface area contributed by atoms with Crippen LogP contribution in [0.25, 0.3) is 0 Å². The van der Waals surface area contributed by atoms with Crippen LogP contribution in [0.5, 0.6) is 0 Å². The minimum atomic E-state index is -3.63. The molecule has 68 valence electrons. The maximum atomic E-state index is 9.55. The van der Waals surface area contributed by atoms with E-state index in [2.05, 4.69) is 0 Å². The summed E-state index contributed by atoms with van der Waals surface area (Å²) in [6, 6.07) is 0. The van der Waals surface area contributed by atoms with Crippen molar-refractivity contribution in [1.29, 1.82) is 0 Å². The summed E-state index contributed by atoms with van der Waals surface area (Å²) in [4.78, 5) is 36.1. The van der Waals surface area contributed by atoms with Gasteiger partial charge in [-0.2, -0.15) is 0 Å². The van der Waals surface area contributed by atoms with Crippen LogP contribution in [0, 0.1) is 0 Å². The maximum absolute atomic E-state index is 9.55. The minimum Gasteiger partial charge on any atom is -0.672 e. The molecule has 0 unspecified atom stereocenters. The van der Waals surface area contributed by atoms with E-state index in [1.54, 1.807) is 0 Å². The van der Waals surface area contributed by atoms with E-state index in [1.165, 1.54) is 0 Å². The van der Waals surface area contributed by atoms with Crippen LogP contribution in [-0.2, 0) is 14.1 Å². The molecule has 0 aromatic heterocycles. The van der Waals surface area contributed by atoms with Crippen molar-refractivity contribution in [1.82, 2.24) is 0 Å². The second-order valence-corrected chi connectivity index (χ2v) is 1.76. The van der Waals surface area contributed by atoms with Crippen LogP contribution in [-0.4, -0.2) is 69.1 Å².